The summed E-state index contributed by atoms with van der Waals surface area (Å²) in [6, 6.07) is 97.1. The van der Waals surface area contributed by atoms with E-state index in [1.165, 1.54) is 86.5 Å². The van der Waals surface area contributed by atoms with Gasteiger partial charge in [-0.2, -0.15) is 0 Å². The Hall–Kier alpha value is -9.94. The summed E-state index contributed by atoms with van der Waals surface area (Å²) < 4.78 is 19.3. The molecule has 1 spiro atoms. The molecule has 3 aliphatic rings. The lowest BCUT2D eigenvalue weighted by molar-refractivity contribution is 0.361. The highest BCUT2D eigenvalue weighted by Gasteiger charge is 2.53. The zero-order valence-electron chi connectivity index (χ0n) is 42.0. The van der Waals surface area contributed by atoms with Crippen LogP contribution < -0.4 is 14.4 Å². The predicted octanol–water partition coefficient (Wildman–Crippen LogP) is 20.2. The number of fused-ring (bicyclic) bond motifs is 19. The summed E-state index contributed by atoms with van der Waals surface area (Å²) in [6.45, 7) is 0. The molecule has 0 unspecified atom stereocenters. The van der Waals surface area contributed by atoms with Crippen LogP contribution in [0.3, 0.4) is 0 Å². The number of hydrogen-bond donors (Lipinski definition) is 0. The van der Waals surface area contributed by atoms with Crippen molar-refractivity contribution in [3.63, 3.8) is 0 Å². The Bertz CT molecular complexity index is 4730. The van der Waals surface area contributed by atoms with Crippen LogP contribution in [0.15, 0.2) is 267 Å². The maximum atomic E-state index is 7.40. The normalized spacial score (nSPS) is 13.2. The van der Waals surface area contributed by atoms with Gasteiger partial charge in [-0.05, 0) is 141 Å². The van der Waals surface area contributed by atoms with Gasteiger partial charge in [-0.3, -0.25) is 0 Å². The maximum absolute atomic E-state index is 7.40. The third kappa shape index (κ3) is 6.10. The number of aromatic nitrogens is 1. The molecular formula is C73H44N2O2S. The van der Waals surface area contributed by atoms with E-state index in [-0.39, 0.29) is 0 Å². The number of hydrogen-bond acceptors (Lipinski definition) is 4. The summed E-state index contributed by atoms with van der Waals surface area (Å²) in [6.07, 6.45) is 0. The summed E-state index contributed by atoms with van der Waals surface area (Å²) in [4.78, 5) is 2.38. The second-order valence-electron chi connectivity index (χ2n) is 20.7. The van der Waals surface area contributed by atoms with Crippen molar-refractivity contribution in [3.8, 4) is 73.2 Å². The highest BCUT2D eigenvalue weighted by molar-refractivity contribution is 7.25. The molecule has 3 heterocycles. The van der Waals surface area contributed by atoms with E-state index >= 15 is 0 Å². The summed E-state index contributed by atoms with van der Waals surface area (Å²) in [5.74, 6) is 2.83. The van der Waals surface area contributed by atoms with Gasteiger partial charge in [0.15, 0.2) is 23.0 Å². The Labute approximate surface area is 454 Å². The largest absolute Gasteiger partial charge is 0.449 e. The third-order valence-electron chi connectivity index (χ3n) is 16.7. The molecule has 4 nitrogen and oxygen atoms in total. The second kappa shape index (κ2) is 16.5. The van der Waals surface area contributed by atoms with Crippen LogP contribution in [-0.2, 0) is 5.41 Å². The lowest BCUT2D eigenvalue weighted by Crippen LogP contribution is -2.25. The number of nitrogens with zero attached hydrogens (tertiary/aromatic N) is 2. The van der Waals surface area contributed by atoms with Crippen LogP contribution in [0.1, 0.15) is 22.3 Å². The van der Waals surface area contributed by atoms with Crippen molar-refractivity contribution in [3.05, 3.63) is 289 Å². The third-order valence-corrected chi connectivity index (χ3v) is 17.8. The molecule has 5 heteroatoms. The first kappa shape index (κ1) is 43.3. The van der Waals surface area contributed by atoms with E-state index < -0.39 is 5.41 Å². The van der Waals surface area contributed by atoms with Gasteiger partial charge in [-0.15, -0.1) is 11.3 Å². The predicted molar refractivity (Wildman–Crippen MR) is 322 cm³/mol. The van der Waals surface area contributed by atoms with Crippen LogP contribution in [0.2, 0.25) is 0 Å². The van der Waals surface area contributed by atoms with Crippen molar-refractivity contribution in [1.82, 2.24) is 4.57 Å². The molecule has 2 aromatic heterocycles. The van der Waals surface area contributed by atoms with E-state index in [0.717, 1.165) is 50.8 Å². The molecule has 0 saturated carbocycles. The molecule has 17 rings (SSSR count). The minimum atomic E-state index is -0.501. The highest BCUT2D eigenvalue weighted by Crippen LogP contribution is 2.66. The van der Waals surface area contributed by atoms with E-state index in [4.69, 9.17) is 9.47 Å². The van der Waals surface area contributed by atoms with Crippen molar-refractivity contribution < 1.29 is 9.47 Å². The Morgan fingerprint density at radius 1 is 0.333 bits per heavy atom. The molecule has 0 radical (unpaired) electrons. The van der Waals surface area contributed by atoms with Crippen LogP contribution in [0.4, 0.5) is 17.1 Å². The number of para-hydroxylation sites is 3. The van der Waals surface area contributed by atoms with Crippen LogP contribution in [-0.4, -0.2) is 4.57 Å². The van der Waals surface area contributed by atoms with Gasteiger partial charge in [0.1, 0.15) is 0 Å². The number of ether oxygens (including phenoxy) is 2. The molecule has 0 fully saturated rings. The standard InChI is InChI=1S/C73H44N2O2S/c1-7-27-60-53(20-1)54-21-2-8-28-61(54)73(60)62-29-9-3-25-58(62)70-63(73)39-40-67-72(70)77-71-52(26-15-32-66(71)76-67)47-16-13-17-49(42-47)74(48-37-34-45(35-38-48)46-36-41-69-59(43-46)57-24-6-12-33-68(57)78-69)50-18-14-19-51(44-50)75-64-30-10-4-22-55(64)56-23-5-11-31-65(56)75/h1-44H. The van der Waals surface area contributed by atoms with Gasteiger partial charge >= 0.3 is 0 Å². The van der Waals surface area contributed by atoms with Gasteiger partial charge in [-0.25, -0.2) is 0 Å². The summed E-state index contributed by atoms with van der Waals surface area (Å²) in [7, 11) is 0. The van der Waals surface area contributed by atoms with Crippen molar-refractivity contribution in [2.24, 2.45) is 0 Å². The van der Waals surface area contributed by atoms with Gasteiger partial charge in [0.25, 0.3) is 0 Å². The zero-order valence-corrected chi connectivity index (χ0v) is 42.8. The van der Waals surface area contributed by atoms with Gasteiger partial charge in [-0.1, -0.05) is 182 Å². The minimum absolute atomic E-state index is 0.501. The van der Waals surface area contributed by atoms with Gasteiger partial charge in [0, 0.05) is 64.8 Å². The fourth-order valence-corrected chi connectivity index (χ4v) is 14.5. The first-order valence-corrected chi connectivity index (χ1v) is 27.5. The van der Waals surface area contributed by atoms with Crippen LogP contribution >= 0.6 is 11.3 Å². The molecule has 12 aromatic carbocycles. The number of rotatable bonds is 6. The fourth-order valence-electron chi connectivity index (χ4n) is 13.4. The van der Waals surface area contributed by atoms with Crippen molar-refractivity contribution in [2.45, 2.75) is 5.41 Å². The first-order valence-electron chi connectivity index (χ1n) is 26.6. The van der Waals surface area contributed by atoms with Crippen molar-refractivity contribution in [1.29, 1.82) is 0 Å². The lowest BCUT2D eigenvalue weighted by Gasteiger charge is -2.31. The summed E-state index contributed by atoms with van der Waals surface area (Å²) >= 11 is 1.85. The summed E-state index contributed by atoms with van der Waals surface area (Å²) in [5, 5.41) is 5.06. The zero-order chi connectivity index (χ0) is 51.1. The molecule has 0 atom stereocenters. The number of anilines is 3. The van der Waals surface area contributed by atoms with E-state index in [1.807, 2.05) is 17.4 Å². The molecule has 78 heavy (non-hydrogen) atoms. The van der Waals surface area contributed by atoms with Gasteiger partial charge < -0.3 is 18.9 Å². The van der Waals surface area contributed by atoms with Gasteiger partial charge in [0.05, 0.1) is 16.4 Å². The van der Waals surface area contributed by atoms with E-state index in [2.05, 4.69) is 270 Å². The average Bonchev–Trinajstić information content (AvgIpc) is 4.38. The van der Waals surface area contributed by atoms with Crippen LogP contribution in [0.25, 0.3) is 92.2 Å². The molecule has 364 valence electrons. The van der Waals surface area contributed by atoms with Crippen molar-refractivity contribution >= 4 is 70.4 Å². The van der Waals surface area contributed by atoms with E-state index in [9.17, 15) is 0 Å². The quantitative estimate of drug-likeness (QED) is 0.166. The molecule has 0 saturated heterocycles. The molecule has 14 aromatic rings. The summed E-state index contributed by atoms with van der Waals surface area (Å²) in [5.41, 5.74) is 20.1. The molecule has 1 aliphatic heterocycles. The fraction of sp³-hybridized carbons (Fsp3) is 0.0137. The lowest BCUT2D eigenvalue weighted by atomic mass is 9.70. The monoisotopic (exact) mass is 1010 g/mol. The Balaban J connectivity index is 0.805. The molecule has 0 amide bonds. The first-order chi connectivity index (χ1) is 38.7. The molecule has 0 bridgehead atoms. The smallest absolute Gasteiger partial charge is 0.178 e. The number of thiophene rings is 1. The Kier molecular flexibility index (Phi) is 9.18. The maximum Gasteiger partial charge on any atom is 0.178 e. The van der Waals surface area contributed by atoms with Gasteiger partial charge in [0.2, 0.25) is 0 Å². The molecule has 2 aliphatic carbocycles. The molecule has 0 N–H and O–H groups in total. The average molecular weight is 1010 g/mol. The van der Waals surface area contributed by atoms with Crippen molar-refractivity contribution in [2.75, 3.05) is 4.90 Å². The minimum Gasteiger partial charge on any atom is -0.449 e. The SMILES string of the molecule is c1cc(-c2cccc3c2Oc2c(ccc4c2-c2ccccc2C42c4ccccc4-c4ccccc42)O3)cc(N(c2ccc(-c3ccc4sc5ccccc5c4c3)cc2)c2cccc(-n3c4ccccc4c4ccccc43)c2)c1. The van der Waals surface area contributed by atoms with E-state index in [1.54, 1.807) is 0 Å². The Morgan fingerprint density at radius 3 is 1.67 bits per heavy atom. The van der Waals surface area contributed by atoms with E-state index in [0.29, 0.717) is 17.2 Å². The highest BCUT2D eigenvalue weighted by atomic mass is 32.1. The van der Waals surface area contributed by atoms with Crippen LogP contribution in [0.5, 0.6) is 23.0 Å². The van der Waals surface area contributed by atoms with Crippen LogP contribution in [0, 0.1) is 0 Å². The molecular weight excluding hydrogens is 969 g/mol. The second-order valence-corrected chi connectivity index (χ2v) is 21.8. The Morgan fingerprint density at radius 2 is 0.910 bits per heavy atom. The topological polar surface area (TPSA) is 26.6 Å². The number of benzene rings is 12.